The van der Waals surface area contributed by atoms with Crippen molar-refractivity contribution < 1.29 is 0 Å². The molecule has 0 N–H and O–H groups in total. The van der Waals surface area contributed by atoms with Crippen molar-refractivity contribution in [3.63, 3.8) is 0 Å². The zero-order chi connectivity index (χ0) is 11.3. The van der Waals surface area contributed by atoms with Gasteiger partial charge in [-0.25, -0.2) is 0 Å². The van der Waals surface area contributed by atoms with Crippen LogP contribution in [0, 0.1) is 0 Å². The topological polar surface area (TPSA) is 3.24 Å². The maximum atomic E-state index is 2.81. The van der Waals surface area contributed by atoms with Crippen LogP contribution < -0.4 is 0 Å². The van der Waals surface area contributed by atoms with E-state index in [1.54, 1.807) is 0 Å². The van der Waals surface area contributed by atoms with Crippen LogP contribution in [0.5, 0.6) is 0 Å². The van der Waals surface area contributed by atoms with E-state index in [9.17, 15) is 0 Å². The van der Waals surface area contributed by atoms with E-state index in [1.165, 1.54) is 51.6 Å². The molecule has 1 heterocycles. The monoisotopic (exact) mass is 227 g/mol. The van der Waals surface area contributed by atoms with Crippen molar-refractivity contribution in [1.82, 2.24) is 4.90 Å². The van der Waals surface area contributed by atoms with Crippen LogP contribution in [0.15, 0.2) is 0 Å². The molecule has 0 amide bonds. The second-order valence-corrected chi connectivity index (χ2v) is 11.5. The standard InChI is InChI=1S/C13H29NSi/c1-5-6-10-13(15(2,3)4)14-11-8-7-9-12-14/h13H,5-12H2,1-4H3. The van der Waals surface area contributed by atoms with E-state index < -0.39 is 8.07 Å². The van der Waals surface area contributed by atoms with Crippen LogP contribution in [0.3, 0.4) is 0 Å². The molecule has 0 aromatic carbocycles. The Hall–Kier alpha value is 0.177. The first-order valence-electron chi connectivity index (χ1n) is 6.79. The summed E-state index contributed by atoms with van der Waals surface area (Å²) in [5.41, 5.74) is 0.942. The molecule has 1 aliphatic heterocycles. The Bertz CT molecular complexity index is 168. The van der Waals surface area contributed by atoms with Gasteiger partial charge < -0.3 is 4.90 Å². The van der Waals surface area contributed by atoms with E-state index in [2.05, 4.69) is 31.5 Å². The second-order valence-electron chi connectivity index (χ2n) is 6.12. The zero-order valence-electron chi connectivity index (χ0n) is 11.2. The van der Waals surface area contributed by atoms with E-state index in [-0.39, 0.29) is 0 Å². The minimum absolute atomic E-state index is 0.942. The number of unbranched alkanes of at least 4 members (excludes halogenated alkanes) is 1. The maximum absolute atomic E-state index is 2.81. The first-order chi connectivity index (χ1) is 7.05. The lowest BCUT2D eigenvalue weighted by atomic mass is 10.1. The van der Waals surface area contributed by atoms with Crippen LogP contribution >= 0.6 is 0 Å². The third-order valence-corrected chi connectivity index (χ3v) is 6.32. The minimum atomic E-state index is -0.985. The number of likely N-dealkylation sites (tertiary alicyclic amines) is 1. The van der Waals surface area contributed by atoms with Crippen LogP contribution in [0.2, 0.25) is 19.6 Å². The highest BCUT2D eigenvalue weighted by Crippen LogP contribution is 2.23. The van der Waals surface area contributed by atoms with Gasteiger partial charge in [0.2, 0.25) is 0 Å². The van der Waals surface area contributed by atoms with Crippen molar-refractivity contribution in [1.29, 1.82) is 0 Å². The molecule has 0 saturated carbocycles. The molecular formula is C13H29NSi. The van der Waals surface area contributed by atoms with E-state index in [4.69, 9.17) is 0 Å². The zero-order valence-corrected chi connectivity index (χ0v) is 12.2. The SMILES string of the molecule is CCCCC(N1CCCCC1)[Si](C)(C)C. The van der Waals surface area contributed by atoms with Gasteiger partial charge in [-0.2, -0.15) is 0 Å². The van der Waals surface area contributed by atoms with Crippen LogP contribution in [-0.4, -0.2) is 31.7 Å². The highest BCUT2D eigenvalue weighted by Gasteiger charge is 2.31. The molecule has 0 spiro atoms. The molecule has 1 aliphatic rings. The molecule has 1 nitrogen and oxygen atoms in total. The molecule has 0 aromatic heterocycles. The molecule has 1 atom stereocenters. The number of hydrogen-bond donors (Lipinski definition) is 0. The van der Waals surface area contributed by atoms with E-state index >= 15 is 0 Å². The summed E-state index contributed by atoms with van der Waals surface area (Å²) < 4.78 is 0. The van der Waals surface area contributed by atoms with Crippen molar-refractivity contribution in [2.75, 3.05) is 13.1 Å². The summed E-state index contributed by atoms with van der Waals surface area (Å²) in [4.78, 5) is 2.81. The molecule has 1 fully saturated rings. The molecule has 0 bridgehead atoms. The molecule has 2 heteroatoms. The van der Waals surface area contributed by atoms with Gasteiger partial charge in [-0.1, -0.05) is 45.8 Å². The van der Waals surface area contributed by atoms with Gasteiger partial charge in [0.05, 0.1) is 8.07 Å². The summed E-state index contributed by atoms with van der Waals surface area (Å²) in [5, 5.41) is 0. The van der Waals surface area contributed by atoms with Gasteiger partial charge in [-0.3, -0.25) is 0 Å². The Morgan fingerprint density at radius 3 is 2.13 bits per heavy atom. The van der Waals surface area contributed by atoms with Crippen molar-refractivity contribution in [3.05, 3.63) is 0 Å². The van der Waals surface area contributed by atoms with Gasteiger partial charge in [0.1, 0.15) is 0 Å². The van der Waals surface area contributed by atoms with Crippen molar-refractivity contribution in [2.45, 2.75) is 70.8 Å². The third-order valence-electron chi connectivity index (χ3n) is 3.66. The lowest BCUT2D eigenvalue weighted by Crippen LogP contribution is -2.52. The summed E-state index contributed by atoms with van der Waals surface area (Å²) in [6.45, 7) is 12.7. The lowest BCUT2D eigenvalue weighted by molar-refractivity contribution is 0.194. The average Bonchev–Trinajstić information content (AvgIpc) is 2.18. The number of nitrogens with zero attached hydrogens (tertiary/aromatic N) is 1. The first-order valence-corrected chi connectivity index (χ1v) is 10.4. The van der Waals surface area contributed by atoms with Crippen molar-refractivity contribution in [3.8, 4) is 0 Å². The Kier molecular flexibility index (Phi) is 5.34. The van der Waals surface area contributed by atoms with Crippen LogP contribution in [-0.2, 0) is 0 Å². The van der Waals surface area contributed by atoms with Gasteiger partial charge in [0, 0.05) is 5.67 Å². The summed E-state index contributed by atoms with van der Waals surface area (Å²) in [6.07, 6.45) is 8.56. The Morgan fingerprint density at radius 2 is 1.67 bits per heavy atom. The van der Waals surface area contributed by atoms with Crippen LogP contribution in [0.4, 0.5) is 0 Å². The highest BCUT2D eigenvalue weighted by molar-refractivity contribution is 6.77. The highest BCUT2D eigenvalue weighted by atomic mass is 28.3. The molecule has 0 aromatic rings. The third kappa shape index (κ3) is 4.27. The second kappa shape index (κ2) is 6.05. The minimum Gasteiger partial charge on any atom is -0.303 e. The number of hydrogen-bond acceptors (Lipinski definition) is 1. The molecule has 1 rings (SSSR count). The predicted octanol–water partition coefficient (Wildman–Crippen LogP) is 3.91. The molecular weight excluding hydrogens is 198 g/mol. The smallest absolute Gasteiger partial charge is 0.0638 e. The van der Waals surface area contributed by atoms with Gasteiger partial charge in [0.15, 0.2) is 0 Å². The summed E-state index contributed by atoms with van der Waals surface area (Å²) in [7, 11) is -0.985. The predicted molar refractivity (Wildman–Crippen MR) is 72.1 cm³/mol. The van der Waals surface area contributed by atoms with E-state index in [1.807, 2.05) is 0 Å². The van der Waals surface area contributed by atoms with E-state index in [0.29, 0.717) is 0 Å². The van der Waals surface area contributed by atoms with Crippen LogP contribution in [0.1, 0.15) is 45.4 Å². The largest absolute Gasteiger partial charge is 0.303 e. The molecule has 1 saturated heterocycles. The van der Waals surface area contributed by atoms with Gasteiger partial charge in [-0.15, -0.1) is 0 Å². The summed E-state index contributed by atoms with van der Waals surface area (Å²) >= 11 is 0. The normalized spacial score (nSPS) is 21.6. The molecule has 15 heavy (non-hydrogen) atoms. The molecule has 0 radical (unpaired) electrons. The molecule has 90 valence electrons. The fourth-order valence-corrected chi connectivity index (χ4v) is 5.21. The van der Waals surface area contributed by atoms with Crippen molar-refractivity contribution >= 4 is 8.07 Å². The summed E-state index contributed by atoms with van der Waals surface area (Å²) in [5.74, 6) is 0. The van der Waals surface area contributed by atoms with Gasteiger partial charge in [-0.05, 0) is 32.4 Å². The maximum Gasteiger partial charge on any atom is 0.0638 e. The van der Waals surface area contributed by atoms with Crippen molar-refractivity contribution in [2.24, 2.45) is 0 Å². The molecule has 0 aliphatic carbocycles. The fraction of sp³-hybridized carbons (Fsp3) is 1.00. The lowest BCUT2D eigenvalue weighted by Gasteiger charge is -2.41. The quantitative estimate of drug-likeness (QED) is 0.644. The van der Waals surface area contributed by atoms with Gasteiger partial charge in [0.25, 0.3) is 0 Å². The Balaban J connectivity index is 2.53. The van der Waals surface area contributed by atoms with Gasteiger partial charge >= 0.3 is 0 Å². The molecule has 1 unspecified atom stereocenters. The van der Waals surface area contributed by atoms with Crippen LogP contribution in [0.25, 0.3) is 0 Å². The average molecular weight is 227 g/mol. The Labute approximate surface area is 97.3 Å². The number of rotatable bonds is 5. The fourth-order valence-electron chi connectivity index (χ4n) is 2.79. The first kappa shape index (κ1) is 13.2. The number of piperidine rings is 1. The summed E-state index contributed by atoms with van der Waals surface area (Å²) in [6, 6.07) is 0. The Morgan fingerprint density at radius 1 is 1.07 bits per heavy atom. The van der Waals surface area contributed by atoms with E-state index in [0.717, 1.165) is 5.67 Å².